The van der Waals surface area contributed by atoms with Gasteiger partial charge in [0.15, 0.2) is 11.5 Å². The van der Waals surface area contributed by atoms with Gasteiger partial charge in [-0.15, -0.1) is 15.3 Å². The number of phenolic OH excluding ortho intramolecular Hbond substituents is 1. The number of amides is 1. The van der Waals surface area contributed by atoms with Gasteiger partial charge in [0, 0.05) is 42.7 Å². The molecule has 0 unspecified atom stereocenters. The molecule has 29 heavy (non-hydrogen) atoms. The summed E-state index contributed by atoms with van der Waals surface area (Å²) in [6.07, 6.45) is 0. The molecule has 0 spiro atoms. The summed E-state index contributed by atoms with van der Waals surface area (Å²) in [5.74, 6) is 1.70. The van der Waals surface area contributed by atoms with E-state index in [1.54, 1.807) is 28.0 Å². The van der Waals surface area contributed by atoms with Crippen molar-refractivity contribution in [2.24, 2.45) is 0 Å². The molecular weight excluding hydrogens is 388 g/mol. The number of thiophene rings is 1. The van der Waals surface area contributed by atoms with E-state index in [0.29, 0.717) is 37.4 Å². The highest BCUT2D eigenvalue weighted by molar-refractivity contribution is 7.08. The maximum absolute atomic E-state index is 12.7. The molecule has 0 aliphatic carbocycles. The second-order valence-electron chi connectivity index (χ2n) is 6.82. The zero-order valence-electron chi connectivity index (χ0n) is 15.5. The number of anilines is 1. The largest absolute Gasteiger partial charge is 0.508 e. The fraction of sp³-hybridized carbons (Fsp3) is 0.200. The van der Waals surface area contributed by atoms with Gasteiger partial charge in [0.2, 0.25) is 0 Å². The number of hydrogen-bond donors (Lipinski definition) is 1. The average Bonchev–Trinajstić information content (AvgIpc) is 3.43. The molecule has 1 N–H and O–H groups in total. The topological polar surface area (TPSA) is 86.9 Å². The minimum Gasteiger partial charge on any atom is -0.508 e. The van der Waals surface area contributed by atoms with Crippen LogP contribution in [0.1, 0.15) is 10.4 Å². The van der Waals surface area contributed by atoms with Crippen LogP contribution in [0.3, 0.4) is 0 Å². The molecule has 1 fully saturated rings. The molecule has 8 nitrogen and oxygen atoms in total. The van der Waals surface area contributed by atoms with Gasteiger partial charge in [0.1, 0.15) is 11.6 Å². The molecule has 0 bridgehead atoms. The maximum Gasteiger partial charge on any atom is 0.253 e. The van der Waals surface area contributed by atoms with Crippen LogP contribution in [0.15, 0.2) is 53.2 Å². The van der Waals surface area contributed by atoms with Gasteiger partial charge in [-0.25, -0.2) is 0 Å². The molecule has 1 aromatic carbocycles. The first-order chi connectivity index (χ1) is 14.2. The van der Waals surface area contributed by atoms with E-state index in [9.17, 15) is 9.90 Å². The Morgan fingerprint density at radius 3 is 2.48 bits per heavy atom. The zero-order valence-corrected chi connectivity index (χ0v) is 16.3. The van der Waals surface area contributed by atoms with Crippen molar-refractivity contribution in [3.63, 3.8) is 0 Å². The lowest BCUT2D eigenvalue weighted by molar-refractivity contribution is 0.0746. The summed E-state index contributed by atoms with van der Waals surface area (Å²) in [4.78, 5) is 16.7. The summed E-state index contributed by atoms with van der Waals surface area (Å²) >= 11 is 1.61. The van der Waals surface area contributed by atoms with Crippen LogP contribution in [0.25, 0.3) is 17.0 Å². The number of nitrogens with zero attached hydrogens (tertiary/aromatic N) is 6. The second-order valence-corrected chi connectivity index (χ2v) is 7.60. The minimum absolute atomic E-state index is 0.0217. The smallest absolute Gasteiger partial charge is 0.253 e. The number of rotatable bonds is 3. The van der Waals surface area contributed by atoms with E-state index in [1.165, 1.54) is 12.1 Å². The van der Waals surface area contributed by atoms with Crippen LogP contribution >= 0.6 is 11.3 Å². The first kappa shape index (κ1) is 17.6. The average molecular weight is 406 g/mol. The second kappa shape index (κ2) is 7.17. The summed E-state index contributed by atoms with van der Waals surface area (Å²) in [6.45, 7) is 2.61. The van der Waals surface area contributed by atoms with Crippen molar-refractivity contribution in [2.45, 2.75) is 0 Å². The van der Waals surface area contributed by atoms with Crippen LogP contribution in [0.4, 0.5) is 5.82 Å². The number of carbonyl (C=O) groups is 1. The van der Waals surface area contributed by atoms with Gasteiger partial charge in [-0.1, -0.05) is 0 Å². The number of aromatic hydroxyl groups is 1. The van der Waals surface area contributed by atoms with Gasteiger partial charge in [0.25, 0.3) is 5.91 Å². The number of piperazine rings is 1. The van der Waals surface area contributed by atoms with Gasteiger partial charge in [-0.3, -0.25) is 4.79 Å². The Balaban J connectivity index is 1.33. The molecule has 146 valence electrons. The van der Waals surface area contributed by atoms with Crippen molar-refractivity contribution in [1.82, 2.24) is 24.7 Å². The van der Waals surface area contributed by atoms with Gasteiger partial charge in [-0.2, -0.15) is 15.9 Å². The summed E-state index contributed by atoms with van der Waals surface area (Å²) in [5.41, 5.74) is 2.29. The van der Waals surface area contributed by atoms with E-state index >= 15 is 0 Å². The maximum atomic E-state index is 12.7. The SMILES string of the molecule is O=C(c1ccc(O)cc1)N1CCN(c2ccc3nnc(-c4ccsc4)n3n2)CC1. The fourth-order valence-corrected chi connectivity index (χ4v) is 4.08. The first-order valence-electron chi connectivity index (χ1n) is 9.27. The third-order valence-electron chi connectivity index (χ3n) is 5.03. The molecule has 3 aromatic heterocycles. The number of carbonyl (C=O) groups excluding carboxylic acids is 1. The Labute approximate surface area is 170 Å². The lowest BCUT2D eigenvalue weighted by atomic mass is 10.1. The van der Waals surface area contributed by atoms with Crippen molar-refractivity contribution < 1.29 is 9.90 Å². The van der Waals surface area contributed by atoms with Gasteiger partial charge >= 0.3 is 0 Å². The number of hydrogen-bond acceptors (Lipinski definition) is 7. The van der Waals surface area contributed by atoms with Crippen LogP contribution in [-0.4, -0.2) is 61.9 Å². The highest BCUT2D eigenvalue weighted by atomic mass is 32.1. The highest BCUT2D eigenvalue weighted by Crippen LogP contribution is 2.22. The summed E-state index contributed by atoms with van der Waals surface area (Å²) in [6, 6.07) is 12.2. The van der Waals surface area contributed by atoms with E-state index in [0.717, 1.165) is 17.2 Å². The van der Waals surface area contributed by atoms with Crippen LogP contribution in [0, 0.1) is 0 Å². The molecule has 0 atom stereocenters. The normalized spacial score (nSPS) is 14.5. The molecule has 1 aliphatic rings. The van der Waals surface area contributed by atoms with Crippen molar-refractivity contribution in [3.05, 3.63) is 58.8 Å². The number of aromatic nitrogens is 4. The van der Waals surface area contributed by atoms with Crippen molar-refractivity contribution >= 4 is 28.7 Å². The predicted molar refractivity (Wildman–Crippen MR) is 110 cm³/mol. The van der Waals surface area contributed by atoms with Crippen molar-refractivity contribution in [3.8, 4) is 17.1 Å². The standard InChI is InChI=1S/C20H18N6O2S/c27-16-3-1-14(2-4-16)20(28)25-10-8-24(9-11-25)18-6-5-17-21-22-19(26(17)23-18)15-7-12-29-13-15/h1-7,12-13,27H,8-11H2. The molecule has 0 radical (unpaired) electrons. The van der Waals surface area contributed by atoms with Crippen molar-refractivity contribution in [1.29, 1.82) is 0 Å². The number of phenols is 1. The highest BCUT2D eigenvalue weighted by Gasteiger charge is 2.23. The molecule has 1 saturated heterocycles. The number of fused-ring (bicyclic) bond motifs is 1. The molecule has 1 aliphatic heterocycles. The predicted octanol–water partition coefficient (Wildman–Crippen LogP) is 2.52. The van der Waals surface area contributed by atoms with Gasteiger partial charge in [0.05, 0.1) is 0 Å². The van der Waals surface area contributed by atoms with Crippen molar-refractivity contribution in [2.75, 3.05) is 31.1 Å². The van der Waals surface area contributed by atoms with Crippen LogP contribution in [0.5, 0.6) is 5.75 Å². The fourth-order valence-electron chi connectivity index (χ4n) is 3.44. The quantitative estimate of drug-likeness (QED) is 0.563. The molecule has 5 rings (SSSR count). The van der Waals surface area contributed by atoms with Crippen LogP contribution < -0.4 is 4.90 Å². The molecule has 4 heterocycles. The molecule has 9 heteroatoms. The monoisotopic (exact) mass is 406 g/mol. The Kier molecular flexibility index (Phi) is 4.36. The Morgan fingerprint density at radius 2 is 1.76 bits per heavy atom. The molecule has 1 amide bonds. The van der Waals surface area contributed by atoms with E-state index in [2.05, 4.69) is 15.1 Å². The van der Waals surface area contributed by atoms with E-state index in [-0.39, 0.29) is 11.7 Å². The molecule has 0 saturated carbocycles. The zero-order chi connectivity index (χ0) is 19.8. The Hall–Kier alpha value is -3.46. The lowest BCUT2D eigenvalue weighted by Crippen LogP contribution is -2.49. The third-order valence-corrected chi connectivity index (χ3v) is 5.72. The Morgan fingerprint density at radius 1 is 0.966 bits per heavy atom. The summed E-state index contributed by atoms with van der Waals surface area (Å²) in [5, 5.41) is 26.6. The third kappa shape index (κ3) is 3.29. The molecular formula is C20H18N6O2S. The molecule has 4 aromatic rings. The van der Waals surface area contributed by atoms with E-state index in [4.69, 9.17) is 5.10 Å². The van der Waals surface area contributed by atoms with Gasteiger partial charge < -0.3 is 14.9 Å². The lowest BCUT2D eigenvalue weighted by Gasteiger charge is -2.35. The van der Waals surface area contributed by atoms with E-state index in [1.807, 2.05) is 33.9 Å². The van der Waals surface area contributed by atoms with Crippen LogP contribution in [0.2, 0.25) is 0 Å². The summed E-state index contributed by atoms with van der Waals surface area (Å²) < 4.78 is 1.77. The Bertz CT molecular complexity index is 1150. The van der Waals surface area contributed by atoms with Gasteiger partial charge in [-0.05, 0) is 47.8 Å². The summed E-state index contributed by atoms with van der Waals surface area (Å²) in [7, 11) is 0. The first-order valence-corrected chi connectivity index (χ1v) is 10.2. The van der Waals surface area contributed by atoms with Crippen LogP contribution in [-0.2, 0) is 0 Å². The minimum atomic E-state index is -0.0217. The number of benzene rings is 1. The van der Waals surface area contributed by atoms with E-state index < -0.39 is 0 Å².